The van der Waals surface area contributed by atoms with Gasteiger partial charge in [0.05, 0.1) is 5.69 Å². The zero-order chi connectivity index (χ0) is 15.0. The number of rotatable bonds is 6. The third kappa shape index (κ3) is 3.13. The van der Waals surface area contributed by atoms with Gasteiger partial charge in [-0.25, -0.2) is 13.4 Å². The summed E-state index contributed by atoms with van der Waals surface area (Å²) in [6, 6.07) is 0. The van der Waals surface area contributed by atoms with E-state index in [2.05, 4.69) is 15.0 Å². The average Bonchev–Trinajstić information content (AvgIpc) is 3.06. The first-order chi connectivity index (χ1) is 10.0. The summed E-state index contributed by atoms with van der Waals surface area (Å²) in [5.41, 5.74) is 1.78. The molecule has 0 unspecified atom stereocenters. The molecule has 3 rings (SSSR count). The van der Waals surface area contributed by atoms with Crippen molar-refractivity contribution in [3.05, 3.63) is 26.9 Å². The second-order valence-corrected chi connectivity index (χ2v) is 8.60. The summed E-state index contributed by atoms with van der Waals surface area (Å²) < 4.78 is 27.8. The lowest BCUT2D eigenvalue weighted by Gasteiger charge is -2.07. The molecule has 1 saturated carbocycles. The maximum Gasteiger partial charge on any atom is 0.265 e. The fraction of sp³-hybridized carbons (Fsp3) is 0.462. The number of nitrogens with one attached hydrogen (secondary N) is 2. The Kier molecular flexibility index (Phi) is 4.04. The van der Waals surface area contributed by atoms with Gasteiger partial charge < -0.3 is 5.32 Å². The number of sulfonamides is 1. The van der Waals surface area contributed by atoms with Crippen LogP contribution in [0.15, 0.2) is 15.7 Å². The van der Waals surface area contributed by atoms with E-state index in [4.69, 9.17) is 0 Å². The maximum absolute atomic E-state index is 12.6. The monoisotopic (exact) mass is 343 g/mol. The first-order valence-corrected chi connectivity index (χ1v) is 9.95. The van der Waals surface area contributed by atoms with E-state index < -0.39 is 10.0 Å². The Morgan fingerprint density at radius 3 is 2.76 bits per heavy atom. The van der Waals surface area contributed by atoms with Crippen LogP contribution >= 0.6 is 22.7 Å². The SMILES string of the molecule is CNCc1scc(C)c1S(=O)(=O)Nc1nc(C2CC2)cs1. The van der Waals surface area contributed by atoms with Crippen molar-refractivity contribution in [2.24, 2.45) is 0 Å². The molecule has 1 fully saturated rings. The quantitative estimate of drug-likeness (QED) is 0.846. The number of thiazole rings is 1. The molecule has 2 aromatic heterocycles. The van der Waals surface area contributed by atoms with Crippen molar-refractivity contribution in [1.29, 1.82) is 0 Å². The van der Waals surface area contributed by atoms with Gasteiger partial charge in [0, 0.05) is 22.7 Å². The van der Waals surface area contributed by atoms with Crippen molar-refractivity contribution in [2.75, 3.05) is 11.8 Å². The van der Waals surface area contributed by atoms with Crippen LogP contribution < -0.4 is 10.0 Å². The van der Waals surface area contributed by atoms with Gasteiger partial charge in [-0.05, 0) is 37.8 Å². The maximum atomic E-state index is 12.6. The van der Waals surface area contributed by atoms with E-state index in [1.54, 1.807) is 0 Å². The number of anilines is 1. The summed E-state index contributed by atoms with van der Waals surface area (Å²) in [5.74, 6) is 0.530. The van der Waals surface area contributed by atoms with Gasteiger partial charge in [0.2, 0.25) is 0 Å². The predicted octanol–water partition coefficient (Wildman–Crippen LogP) is 2.91. The predicted molar refractivity (Wildman–Crippen MR) is 86.7 cm³/mol. The highest BCUT2D eigenvalue weighted by Crippen LogP contribution is 2.41. The number of aryl methyl sites for hydroxylation is 1. The molecule has 0 bridgehead atoms. The fourth-order valence-electron chi connectivity index (χ4n) is 2.20. The van der Waals surface area contributed by atoms with E-state index in [0.29, 0.717) is 22.5 Å². The molecule has 1 aliphatic rings. The van der Waals surface area contributed by atoms with Crippen LogP contribution in [0, 0.1) is 6.92 Å². The van der Waals surface area contributed by atoms with E-state index >= 15 is 0 Å². The van der Waals surface area contributed by atoms with Gasteiger partial charge in [-0.15, -0.1) is 22.7 Å². The second kappa shape index (κ2) is 5.68. The molecule has 2 aromatic rings. The number of thiophene rings is 1. The number of hydrogen-bond acceptors (Lipinski definition) is 6. The highest BCUT2D eigenvalue weighted by Gasteiger charge is 2.28. The van der Waals surface area contributed by atoms with Crippen LogP contribution in [-0.4, -0.2) is 20.4 Å². The lowest BCUT2D eigenvalue weighted by Crippen LogP contribution is -2.16. The van der Waals surface area contributed by atoms with Gasteiger partial charge in [-0.3, -0.25) is 4.72 Å². The molecule has 0 aromatic carbocycles. The van der Waals surface area contributed by atoms with Crippen LogP contribution in [0.1, 0.15) is 34.9 Å². The Hall–Kier alpha value is -0.960. The van der Waals surface area contributed by atoms with E-state index in [0.717, 1.165) is 29.0 Å². The molecule has 8 heteroatoms. The largest absolute Gasteiger partial charge is 0.315 e. The molecular weight excluding hydrogens is 326 g/mol. The summed E-state index contributed by atoms with van der Waals surface area (Å²) in [6.07, 6.45) is 2.32. The van der Waals surface area contributed by atoms with Crippen molar-refractivity contribution in [2.45, 2.75) is 37.1 Å². The molecule has 0 radical (unpaired) electrons. The molecule has 0 spiro atoms. The Balaban J connectivity index is 1.87. The van der Waals surface area contributed by atoms with Gasteiger partial charge >= 0.3 is 0 Å². The van der Waals surface area contributed by atoms with Crippen molar-refractivity contribution >= 4 is 37.8 Å². The summed E-state index contributed by atoms with van der Waals surface area (Å²) in [5, 5.41) is 7.29. The topological polar surface area (TPSA) is 71.1 Å². The van der Waals surface area contributed by atoms with Gasteiger partial charge in [0.1, 0.15) is 4.90 Å². The summed E-state index contributed by atoms with van der Waals surface area (Å²) >= 11 is 2.81. The fourth-order valence-corrected chi connectivity index (χ4v) is 6.07. The molecule has 0 saturated heterocycles. The van der Waals surface area contributed by atoms with E-state index in [-0.39, 0.29) is 0 Å². The molecule has 21 heavy (non-hydrogen) atoms. The molecule has 2 N–H and O–H groups in total. The van der Waals surface area contributed by atoms with Crippen molar-refractivity contribution in [3.8, 4) is 0 Å². The third-order valence-electron chi connectivity index (χ3n) is 3.33. The Labute approximate surface area is 132 Å². The van der Waals surface area contributed by atoms with Gasteiger partial charge in [0.25, 0.3) is 10.0 Å². The first-order valence-electron chi connectivity index (χ1n) is 6.71. The van der Waals surface area contributed by atoms with Crippen LogP contribution in [0.3, 0.4) is 0 Å². The second-order valence-electron chi connectivity index (χ2n) is 5.16. The van der Waals surface area contributed by atoms with E-state index in [1.165, 1.54) is 22.7 Å². The highest BCUT2D eigenvalue weighted by molar-refractivity contribution is 7.93. The van der Waals surface area contributed by atoms with Crippen molar-refractivity contribution in [3.63, 3.8) is 0 Å². The Morgan fingerprint density at radius 1 is 1.33 bits per heavy atom. The molecule has 0 aliphatic heterocycles. The first kappa shape index (κ1) is 15.0. The smallest absolute Gasteiger partial charge is 0.265 e. The standard InChI is InChI=1S/C13H17N3O2S3/c1-8-6-19-11(5-14-2)12(8)21(17,18)16-13-15-10(7-20-13)9-3-4-9/h6-7,9,14H,3-5H2,1-2H3,(H,15,16). The van der Waals surface area contributed by atoms with Crippen LogP contribution in [0.5, 0.6) is 0 Å². The lowest BCUT2D eigenvalue weighted by molar-refractivity contribution is 0.599. The molecule has 0 amide bonds. The van der Waals surface area contributed by atoms with Gasteiger partial charge in [-0.2, -0.15) is 0 Å². The lowest BCUT2D eigenvalue weighted by atomic mass is 10.3. The molecule has 5 nitrogen and oxygen atoms in total. The van der Waals surface area contributed by atoms with Gasteiger partial charge in [-0.1, -0.05) is 0 Å². The van der Waals surface area contributed by atoms with Crippen LogP contribution in [0.25, 0.3) is 0 Å². The molecular formula is C13H17N3O2S3. The Morgan fingerprint density at radius 2 is 2.10 bits per heavy atom. The summed E-state index contributed by atoms with van der Waals surface area (Å²) in [7, 11) is -1.77. The number of aromatic nitrogens is 1. The third-order valence-corrected chi connectivity index (χ3v) is 7.04. The molecule has 2 heterocycles. The minimum Gasteiger partial charge on any atom is -0.315 e. The number of nitrogens with zero attached hydrogens (tertiary/aromatic N) is 1. The van der Waals surface area contributed by atoms with Crippen LogP contribution in [0.2, 0.25) is 0 Å². The van der Waals surface area contributed by atoms with Crippen molar-refractivity contribution < 1.29 is 8.42 Å². The normalized spacial score (nSPS) is 15.3. The molecule has 0 atom stereocenters. The molecule has 1 aliphatic carbocycles. The summed E-state index contributed by atoms with van der Waals surface area (Å²) in [6.45, 7) is 2.36. The zero-order valence-corrected chi connectivity index (χ0v) is 14.3. The van der Waals surface area contributed by atoms with Crippen LogP contribution in [-0.2, 0) is 16.6 Å². The summed E-state index contributed by atoms with van der Waals surface area (Å²) in [4.78, 5) is 5.59. The van der Waals surface area contributed by atoms with E-state index in [9.17, 15) is 8.42 Å². The highest BCUT2D eigenvalue weighted by atomic mass is 32.2. The number of hydrogen-bond donors (Lipinski definition) is 2. The van der Waals surface area contributed by atoms with E-state index in [1.807, 2.05) is 24.7 Å². The minimum atomic E-state index is -3.58. The van der Waals surface area contributed by atoms with Crippen molar-refractivity contribution in [1.82, 2.24) is 10.3 Å². The van der Waals surface area contributed by atoms with Gasteiger partial charge in [0.15, 0.2) is 5.13 Å². The minimum absolute atomic E-state index is 0.380. The zero-order valence-electron chi connectivity index (χ0n) is 11.8. The average molecular weight is 343 g/mol. The van der Waals surface area contributed by atoms with Crippen LogP contribution in [0.4, 0.5) is 5.13 Å². The molecule has 114 valence electrons. The Bertz CT molecular complexity index is 745.